The lowest BCUT2D eigenvalue weighted by Crippen LogP contribution is -2.39. The van der Waals surface area contributed by atoms with Gasteiger partial charge in [-0.3, -0.25) is 9.48 Å². The Labute approximate surface area is 111 Å². The zero-order chi connectivity index (χ0) is 13.7. The van der Waals surface area contributed by atoms with E-state index < -0.39 is 0 Å². The Bertz CT molecular complexity index is 537. The van der Waals surface area contributed by atoms with Crippen LogP contribution in [0, 0.1) is 0 Å². The molecule has 1 atom stereocenters. The summed E-state index contributed by atoms with van der Waals surface area (Å²) >= 11 is 0. The van der Waals surface area contributed by atoms with Gasteiger partial charge in [0.25, 0.3) is 5.91 Å². The Morgan fingerprint density at radius 1 is 1.42 bits per heavy atom. The quantitative estimate of drug-likeness (QED) is 0.832. The van der Waals surface area contributed by atoms with Gasteiger partial charge < -0.3 is 10.4 Å². The fourth-order valence-corrected chi connectivity index (χ4v) is 1.87. The number of aliphatic hydroxyl groups excluding tert-OH is 1. The lowest BCUT2D eigenvalue weighted by molar-refractivity contribution is 0.0916. The van der Waals surface area contributed by atoms with Crippen molar-refractivity contribution in [2.24, 2.45) is 7.05 Å². The van der Waals surface area contributed by atoms with Crippen LogP contribution in [0.1, 0.15) is 15.9 Å². The molecular weight excluding hydrogens is 242 g/mol. The summed E-state index contributed by atoms with van der Waals surface area (Å²) in [5, 5.41) is 16.1. The normalized spacial score (nSPS) is 12.1. The Kier molecular flexibility index (Phi) is 4.30. The number of amides is 1. The summed E-state index contributed by atoms with van der Waals surface area (Å²) in [6, 6.07) is 9.46. The minimum absolute atomic E-state index is 0.0963. The van der Waals surface area contributed by atoms with E-state index in [4.69, 9.17) is 0 Å². The first-order valence-corrected chi connectivity index (χ1v) is 6.13. The van der Waals surface area contributed by atoms with Crippen LogP contribution in [0.25, 0.3) is 0 Å². The molecule has 0 aliphatic rings. The molecule has 19 heavy (non-hydrogen) atoms. The van der Waals surface area contributed by atoms with Crippen LogP contribution < -0.4 is 5.32 Å². The highest BCUT2D eigenvalue weighted by Gasteiger charge is 2.14. The summed E-state index contributed by atoms with van der Waals surface area (Å²) in [7, 11) is 1.75. The van der Waals surface area contributed by atoms with Crippen molar-refractivity contribution in [1.29, 1.82) is 0 Å². The largest absolute Gasteiger partial charge is 0.394 e. The van der Waals surface area contributed by atoms with Crippen LogP contribution in [0.4, 0.5) is 0 Å². The van der Waals surface area contributed by atoms with Gasteiger partial charge in [-0.2, -0.15) is 5.10 Å². The second-order valence-electron chi connectivity index (χ2n) is 4.45. The Hall–Kier alpha value is -2.14. The third-order valence-electron chi connectivity index (χ3n) is 2.85. The number of aromatic nitrogens is 2. The van der Waals surface area contributed by atoms with Gasteiger partial charge in [-0.25, -0.2) is 0 Å². The molecule has 1 amide bonds. The van der Waals surface area contributed by atoms with Gasteiger partial charge in [0.2, 0.25) is 0 Å². The maximum atomic E-state index is 11.9. The summed E-state index contributed by atoms with van der Waals surface area (Å²) in [6.45, 7) is -0.0963. The first-order chi connectivity index (χ1) is 9.19. The zero-order valence-electron chi connectivity index (χ0n) is 10.8. The molecule has 100 valence electrons. The SMILES string of the molecule is Cn1cc(C(=O)N[C@@H](CO)Cc2ccccc2)cn1. The summed E-state index contributed by atoms with van der Waals surface area (Å²) in [5.74, 6) is -0.219. The van der Waals surface area contributed by atoms with Crippen molar-refractivity contribution < 1.29 is 9.90 Å². The number of benzene rings is 1. The first-order valence-electron chi connectivity index (χ1n) is 6.13. The van der Waals surface area contributed by atoms with E-state index in [2.05, 4.69) is 10.4 Å². The lowest BCUT2D eigenvalue weighted by Gasteiger charge is -2.15. The molecule has 2 N–H and O–H groups in total. The van der Waals surface area contributed by atoms with Crippen LogP contribution in [0.15, 0.2) is 42.7 Å². The van der Waals surface area contributed by atoms with Gasteiger partial charge in [0, 0.05) is 13.2 Å². The van der Waals surface area contributed by atoms with E-state index in [1.54, 1.807) is 17.9 Å². The van der Waals surface area contributed by atoms with Crippen molar-refractivity contribution in [3.63, 3.8) is 0 Å². The van der Waals surface area contributed by atoms with Crippen LogP contribution in [0.3, 0.4) is 0 Å². The standard InChI is InChI=1S/C14H17N3O2/c1-17-9-12(8-15-17)14(19)16-13(10-18)7-11-5-3-2-4-6-11/h2-6,8-9,13,18H,7,10H2,1H3,(H,16,19)/t13-/m1/s1. The predicted octanol–water partition coefficient (Wildman–Crippen LogP) is 0.753. The molecule has 2 rings (SSSR count). The minimum atomic E-state index is -0.296. The van der Waals surface area contributed by atoms with Gasteiger partial charge in [0.05, 0.1) is 24.4 Å². The van der Waals surface area contributed by atoms with Crippen molar-refractivity contribution in [2.75, 3.05) is 6.61 Å². The van der Waals surface area contributed by atoms with Crippen LogP contribution in [-0.2, 0) is 13.5 Å². The Morgan fingerprint density at radius 3 is 2.74 bits per heavy atom. The monoisotopic (exact) mass is 259 g/mol. The van der Waals surface area contributed by atoms with E-state index in [0.29, 0.717) is 12.0 Å². The number of hydrogen-bond acceptors (Lipinski definition) is 3. The molecule has 0 saturated heterocycles. The van der Waals surface area contributed by atoms with Crippen molar-refractivity contribution in [1.82, 2.24) is 15.1 Å². The van der Waals surface area contributed by atoms with Gasteiger partial charge in [0.15, 0.2) is 0 Å². The minimum Gasteiger partial charge on any atom is -0.394 e. The Balaban J connectivity index is 1.97. The van der Waals surface area contributed by atoms with Gasteiger partial charge in [-0.15, -0.1) is 0 Å². The topological polar surface area (TPSA) is 67.2 Å². The van der Waals surface area contributed by atoms with Crippen LogP contribution >= 0.6 is 0 Å². The van der Waals surface area contributed by atoms with Gasteiger partial charge in [-0.1, -0.05) is 30.3 Å². The molecule has 0 saturated carbocycles. The molecule has 1 aromatic heterocycles. The number of carbonyl (C=O) groups excluding carboxylic acids is 1. The van der Waals surface area contributed by atoms with Crippen molar-refractivity contribution >= 4 is 5.91 Å². The number of nitrogens with one attached hydrogen (secondary N) is 1. The highest BCUT2D eigenvalue weighted by Crippen LogP contribution is 2.04. The van der Waals surface area contributed by atoms with Crippen molar-refractivity contribution in [3.8, 4) is 0 Å². The summed E-state index contributed by atoms with van der Waals surface area (Å²) in [4.78, 5) is 11.9. The molecule has 0 fully saturated rings. The Morgan fingerprint density at radius 2 is 2.16 bits per heavy atom. The number of hydrogen-bond donors (Lipinski definition) is 2. The maximum Gasteiger partial charge on any atom is 0.254 e. The van der Waals surface area contributed by atoms with E-state index in [0.717, 1.165) is 5.56 Å². The van der Waals surface area contributed by atoms with Crippen LogP contribution in [0.2, 0.25) is 0 Å². The highest BCUT2D eigenvalue weighted by molar-refractivity contribution is 5.93. The second-order valence-corrected chi connectivity index (χ2v) is 4.45. The van der Waals surface area contributed by atoms with Gasteiger partial charge in [0.1, 0.15) is 0 Å². The molecule has 0 bridgehead atoms. The molecule has 0 aliphatic heterocycles. The lowest BCUT2D eigenvalue weighted by atomic mass is 10.1. The number of nitrogens with zero attached hydrogens (tertiary/aromatic N) is 2. The second kappa shape index (κ2) is 6.15. The molecule has 2 aromatic rings. The number of aryl methyl sites for hydroxylation is 1. The molecule has 0 radical (unpaired) electrons. The summed E-state index contributed by atoms with van der Waals surface area (Å²) in [6.07, 6.45) is 3.75. The predicted molar refractivity (Wildman–Crippen MR) is 71.7 cm³/mol. The van der Waals surface area contributed by atoms with Crippen molar-refractivity contribution in [2.45, 2.75) is 12.5 Å². The smallest absolute Gasteiger partial charge is 0.254 e. The number of carbonyl (C=O) groups is 1. The van der Waals surface area contributed by atoms with Gasteiger partial charge >= 0.3 is 0 Å². The van der Waals surface area contributed by atoms with Crippen LogP contribution in [0.5, 0.6) is 0 Å². The fourth-order valence-electron chi connectivity index (χ4n) is 1.87. The summed E-state index contributed by atoms with van der Waals surface area (Å²) in [5.41, 5.74) is 1.57. The zero-order valence-corrected chi connectivity index (χ0v) is 10.8. The molecule has 0 unspecified atom stereocenters. The summed E-state index contributed by atoms with van der Waals surface area (Å²) < 4.78 is 1.57. The first kappa shape index (κ1) is 13.3. The van der Waals surface area contributed by atoms with Gasteiger partial charge in [-0.05, 0) is 12.0 Å². The molecular formula is C14H17N3O2. The average Bonchev–Trinajstić information content (AvgIpc) is 2.86. The number of aliphatic hydroxyl groups is 1. The molecule has 1 aromatic carbocycles. The van der Waals surface area contributed by atoms with E-state index >= 15 is 0 Å². The van der Waals surface area contributed by atoms with Crippen LogP contribution in [-0.4, -0.2) is 33.4 Å². The fraction of sp³-hybridized carbons (Fsp3) is 0.286. The maximum absolute atomic E-state index is 11.9. The number of rotatable bonds is 5. The third kappa shape index (κ3) is 3.66. The molecule has 5 heteroatoms. The van der Waals surface area contributed by atoms with Crippen molar-refractivity contribution in [3.05, 3.63) is 53.9 Å². The average molecular weight is 259 g/mol. The van der Waals surface area contributed by atoms with E-state index in [1.807, 2.05) is 30.3 Å². The molecule has 0 spiro atoms. The van der Waals surface area contributed by atoms with E-state index in [9.17, 15) is 9.90 Å². The molecule has 1 heterocycles. The van der Waals surface area contributed by atoms with E-state index in [1.165, 1.54) is 6.20 Å². The molecule has 0 aliphatic carbocycles. The molecule has 5 nitrogen and oxygen atoms in total. The third-order valence-corrected chi connectivity index (χ3v) is 2.85. The highest BCUT2D eigenvalue weighted by atomic mass is 16.3. The van der Waals surface area contributed by atoms with E-state index in [-0.39, 0.29) is 18.6 Å².